The van der Waals surface area contributed by atoms with Crippen LogP contribution in [-0.2, 0) is 5.41 Å². The molecule has 0 N–H and O–H groups in total. The van der Waals surface area contributed by atoms with E-state index < -0.39 is 0 Å². The molecule has 0 heterocycles. The molecule has 0 aliphatic heterocycles. The smallest absolute Gasteiger partial charge is 0.0132 e. The molecule has 90 valence electrons. The van der Waals surface area contributed by atoms with E-state index in [0.29, 0.717) is 5.41 Å². The van der Waals surface area contributed by atoms with Gasteiger partial charge in [-0.3, -0.25) is 0 Å². The second-order valence-electron chi connectivity index (χ2n) is 5.27. The van der Waals surface area contributed by atoms with Gasteiger partial charge in [-0.15, -0.1) is 0 Å². The summed E-state index contributed by atoms with van der Waals surface area (Å²) in [5.41, 5.74) is 3.01. The van der Waals surface area contributed by atoms with E-state index in [1.54, 1.807) is 0 Å². The van der Waals surface area contributed by atoms with Crippen molar-refractivity contribution in [2.75, 3.05) is 0 Å². The first kappa shape index (κ1) is 13.5. The standard InChI is InChI=1S/C10H14.C7H8/c1-10(2,3)9-7-5-4-6-8-9;1-7-5-3-2-4-6-7/h4-8H,1-3H3;2-6H,1H3. The second kappa shape index (κ2) is 6.24. The third-order valence-corrected chi connectivity index (χ3v) is 2.58. The van der Waals surface area contributed by atoms with Gasteiger partial charge in [0.1, 0.15) is 0 Å². The molecule has 0 aromatic heterocycles. The molecule has 0 radical (unpaired) electrons. The minimum absolute atomic E-state index is 0.293. The Balaban J connectivity index is 0.000000181. The van der Waals surface area contributed by atoms with Gasteiger partial charge in [0.15, 0.2) is 0 Å². The van der Waals surface area contributed by atoms with Crippen LogP contribution in [0.15, 0.2) is 60.7 Å². The van der Waals surface area contributed by atoms with Gasteiger partial charge in [0, 0.05) is 0 Å². The van der Waals surface area contributed by atoms with Crippen LogP contribution in [0, 0.1) is 6.92 Å². The average Bonchev–Trinajstić information content (AvgIpc) is 2.31. The van der Waals surface area contributed by atoms with Crippen LogP contribution in [0.4, 0.5) is 0 Å². The van der Waals surface area contributed by atoms with E-state index in [2.05, 4.69) is 70.2 Å². The van der Waals surface area contributed by atoms with Crippen LogP contribution < -0.4 is 0 Å². The minimum atomic E-state index is 0.293. The van der Waals surface area contributed by atoms with Gasteiger partial charge >= 0.3 is 0 Å². The van der Waals surface area contributed by atoms with Gasteiger partial charge in [0.2, 0.25) is 0 Å². The first-order valence-electron chi connectivity index (χ1n) is 6.07. The van der Waals surface area contributed by atoms with E-state index >= 15 is 0 Å². The maximum atomic E-state index is 2.22. The number of hydrogen-bond donors (Lipinski definition) is 0. The largest absolute Gasteiger partial charge is 0.0622 e. The zero-order valence-corrected chi connectivity index (χ0v) is 11.3. The molecule has 0 heteroatoms. The van der Waals surface area contributed by atoms with Crippen LogP contribution >= 0.6 is 0 Å². The van der Waals surface area contributed by atoms with Crippen LogP contribution in [0.25, 0.3) is 0 Å². The predicted octanol–water partition coefficient (Wildman–Crippen LogP) is 4.98. The summed E-state index contributed by atoms with van der Waals surface area (Å²) in [5.74, 6) is 0. The van der Waals surface area contributed by atoms with E-state index in [1.165, 1.54) is 11.1 Å². The SMILES string of the molecule is CC(C)(C)c1ccccc1.Cc1ccccc1. The molecule has 0 saturated heterocycles. The van der Waals surface area contributed by atoms with Crippen molar-refractivity contribution in [2.24, 2.45) is 0 Å². The highest BCUT2D eigenvalue weighted by Crippen LogP contribution is 2.20. The Morgan fingerprint density at radius 1 is 0.647 bits per heavy atom. The first-order valence-corrected chi connectivity index (χ1v) is 6.07. The van der Waals surface area contributed by atoms with Gasteiger partial charge in [-0.2, -0.15) is 0 Å². The maximum absolute atomic E-state index is 2.22. The van der Waals surface area contributed by atoms with Gasteiger partial charge in [-0.1, -0.05) is 87.0 Å². The lowest BCUT2D eigenvalue weighted by Gasteiger charge is -2.18. The highest BCUT2D eigenvalue weighted by Gasteiger charge is 2.11. The molecule has 0 nitrogen and oxygen atoms in total. The van der Waals surface area contributed by atoms with Crippen LogP contribution in [0.1, 0.15) is 31.9 Å². The molecule has 2 aromatic carbocycles. The molecule has 0 saturated carbocycles. The van der Waals surface area contributed by atoms with Gasteiger partial charge in [-0.25, -0.2) is 0 Å². The number of rotatable bonds is 0. The van der Waals surface area contributed by atoms with Crippen molar-refractivity contribution in [3.05, 3.63) is 71.8 Å². The predicted molar refractivity (Wildman–Crippen MR) is 76.3 cm³/mol. The van der Waals surface area contributed by atoms with Crippen molar-refractivity contribution in [2.45, 2.75) is 33.1 Å². The Morgan fingerprint density at radius 2 is 1.06 bits per heavy atom. The normalized spacial score (nSPS) is 10.4. The summed E-state index contributed by atoms with van der Waals surface area (Å²) in [5, 5.41) is 0. The lowest BCUT2D eigenvalue weighted by Crippen LogP contribution is -2.10. The number of hydrogen-bond acceptors (Lipinski definition) is 0. The van der Waals surface area contributed by atoms with Gasteiger partial charge in [0.25, 0.3) is 0 Å². The third-order valence-electron chi connectivity index (χ3n) is 2.58. The molecule has 0 aliphatic carbocycles. The third kappa shape index (κ3) is 5.35. The van der Waals surface area contributed by atoms with E-state index in [0.717, 1.165) is 0 Å². The molecule has 0 fully saturated rings. The van der Waals surface area contributed by atoms with Crippen molar-refractivity contribution in [3.63, 3.8) is 0 Å². The fourth-order valence-electron chi connectivity index (χ4n) is 1.47. The zero-order valence-electron chi connectivity index (χ0n) is 11.3. The van der Waals surface area contributed by atoms with E-state index in [1.807, 2.05) is 18.2 Å². The Hall–Kier alpha value is -1.56. The topological polar surface area (TPSA) is 0 Å². The molecule has 0 spiro atoms. The molecule has 0 bridgehead atoms. The number of aryl methyl sites for hydroxylation is 1. The van der Waals surface area contributed by atoms with Crippen LogP contribution in [0.3, 0.4) is 0 Å². The quantitative estimate of drug-likeness (QED) is 0.594. The molecule has 0 aliphatic rings. The second-order valence-corrected chi connectivity index (χ2v) is 5.27. The Bertz CT molecular complexity index is 407. The van der Waals surface area contributed by atoms with E-state index in [-0.39, 0.29) is 0 Å². The van der Waals surface area contributed by atoms with Crippen molar-refractivity contribution in [1.82, 2.24) is 0 Å². The monoisotopic (exact) mass is 226 g/mol. The highest BCUT2D eigenvalue weighted by molar-refractivity contribution is 5.22. The molecular formula is C17H22. The summed E-state index contributed by atoms with van der Waals surface area (Å²) >= 11 is 0. The molecule has 2 rings (SSSR count). The summed E-state index contributed by atoms with van der Waals surface area (Å²) in [6.07, 6.45) is 0. The zero-order chi connectivity index (χ0) is 12.7. The molecule has 2 aromatic rings. The Labute approximate surface area is 105 Å². The average molecular weight is 226 g/mol. The summed E-state index contributed by atoms with van der Waals surface area (Å²) in [6.45, 7) is 8.76. The molecule has 0 atom stereocenters. The van der Waals surface area contributed by atoms with Crippen LogP contribution in [0.5, 0.6) is 0 Å². The number of benzene rings is 2. The van der Waals surface area contributed by atoms with Crippen molar-refractivity contribution in [1.29, 1.82) is 0 Å². The summed E-state index contributed by atoms with van der Waals surface area (Å²) < 4.78 is 0. The van der Waals surface area contributed by atoms with Crippen molar-refractivity contribution in [3.8, 4) is 0 Å². The lowest BCUT2D eigenvalue weighted by molar-refractivity contribution is 0.590. The highest BCUT2D eigenvalue weighted by atomic mass is 14.2. The Kier molecular flexibility index (Phi) is 4.96. The molecular weight excluding hydrogens is 204 g/mol. The summed E-state index contributed by atoms with van der Waals surface area (Å²) in [4.78, 5) is 0. The van der Waals surface area contributed by atoms with Gasteiger partial charge < -0.3 is 0 Å². The molecule has 0 unspecified atom stereocenters. The van der Waals surface area contributed by atoms with E-state index in [9.17, 15) is 0 Å². The van der Waals surface area contributed by atoms with Crippen molar-refractivity contribution >= 4 is 0 Å². The summed E-state index contributed by atoms with van der Waals surface area (Å²) in [6, 6.07) is 20.8. The van der Waals surface area contributed by atoms with Crippen LogP contribution in [-0.4, -0.2) is 0 Å². The maximum Gasteiger partial charge on any atom is -0.0132 e. The lowest BCUT2D eigenvalue weighted by atomic mass is 9.87. The fourth-order valence-corrected chi connectivity index (χ4v) is 1.47. The van der Waals surface area contributed by atoms with Crippen LogP contribution in [0.2, 0.25) is 0 Å². The first-order chi connectivity index (χ1) is 8.00. The van der Waals surface area contributed by atoms with E-state index in [4.69, 9.17) is 0 Å². The van der Waals surface area contributed by atoms with Gasteiger partial charge in [-0.05, 0) is 17.9 Å². The Morgan fingerprint density at radius 3 is 1.29 bits per heavy atom. The molecule has 0 amide bonds. The minimum Gasteiger partial charge on any atom is -0.0622 e. The molecule has 17 heavy (non-hydrogen) atoms. The van der Waals surface area contributed by atoms with Crippen molar-refractivity contribution < 1.29 is 0 Å². The fraction of sp³-hybridized carbons (Fsp3) is 0.294. The summed E-state index contributed by atoms with van der Waals surface area (Å²) in [7, 11) is 0. The van der Waals surface area contributed by atoms with Gasteiger partial charge in [0.05, 0.1) is 0 Å².